The van der Waals surface area contributed by atoms with E-state index in [1.807, 2.05) is 0 Å². The molecule has 1 aromatic rings. The molecule has 0 bridgehead atoms. The first-order valence-corrected chi connectivity index (χ1v) is 6.66. The molecule has 16 heavy (non-hydrogen) atoms. The second-order valence-electron chi connectivity index (χ2n) is 4.82. The van der Waals surface area contributed by atoms with Gasteiger partial charge in [0.2, 0.25) is 0 Å². The Kier molecular flexibility index (Phi) is 3.62. The van der Waals surface area contributed by atoms with Crippen LogP contribution in [0.5, 0.6) is 0 Å². The molecular weight excluding hydrogens is 220 g/mol. The van der Waals surface area contributed by atoms with Gasteiger partial charge < -0.3 is 10.1 Å². The van der Waals surface area contributed by atoms with Gasteiger partial charge in [-0.2, -0.15) is 0 Å². The van der Waals surface area contributed by atoms with E-state index in [2.05, 4.69) is 31.1 Å². The summed E-state index contributed by atoms with van der Waals surface area (Å²) in [5.41, 5.74) is 1.29. The summed E-state index contributed by atoms with van der Waals surface area (Å²) < 4.78 is 5.52. The molecule has 4 heteroatoms. The van der Waals surface area contributed by atoms with Crippen molar-refractivity contribution in [1.29, 1.82) is 0 Å². The van der Waals surface area contributed by atoms with Crippen LogP contribution in [-0.4, -0.2) is 23.7 Å². The largest absolute Gasteiger partial charge is 0.380 e. The summed E-state index contributed by atoms with van der Waals surface area (Å²) >= 11 is 1.79. The van der Waals surface area contributed by atoms with Crippen LogP contribution in [0.15, 0.2) is 0 Å². The third-order valence-corrected chi connectivity index (χ3v) is 4.25. The van der Waals surface area contributed by atoms with Gasteiger partial charge in [-0.15, -0.1) is 11.3 Å². The van der Waals surface area contributed by atoms with Crippen molar-refractivity contribution in [2.45, 2.75) is 45.7 Å². The van der Waals surface area contributed by atoms with E-state index in [9.17, 15) is 0 Å². The minimum atomic E-state index is 0.131. The molecule has 0 spiro atoms. The van der Waals surface area contributed by atoms with Crippen molar-refractivity contribution in [1.82, 2.24) is 10.3 Å². The van der Waals surface area contributed by atoms with Crippen molar-refractivity contribution in [3.8, 4) is 0 Å². The minimum Gasteiger partial charge on any atom is -0.380 e. The van der Waals surface area contributed by atoms with Gasteiger partial charge in [0.25, 0.3) is 0 Å². The van der Waals surface area contributed by atoms with Crippen molar-refractivity contribution in [3.63, 3.8) is 0 Å². The Hall–Kier alpha value is -0.450. The smallest absolute Gasteiger partial charge is 0.107 e. The maximum atomic E-state index is 5.52. The quantitative estimate of drug-likeness (QED) is 0.881. The zero-order chi connectivity index (χ0) is 11.6. The molecule has 1 aliphatic heterocycles. The average Bonchev–Trinajstić information content (AvgIpc) is 2.57. The van der Waals surface area contributed by atoms with Crippen LogP contribution in [0.4, 0.5) is 0 Å². The number of rotatable bonds is 3. The fourth-order valence-corrected chi connectivity index (χ4v) is 2.85. The summed E-state index contributed by atoms with van der Waals surface area (Å²) in [4.78, 5) is 5.86. The lowest BCUT2D eigenvalue weighted by Crippen LogP contribution is -2.48. The first-order valence-electron chi connectivity index (χ1n) is 5.85. The number of hydrogen-bond donors (Lipinski definition) is 1. The molecular formula is C12H20N2OS. The van der Waals surface area contributed by atoms with Gasteiger partial charge >= 0.3 is 0 Å². The Morgan fingerprint density at radius 3 is 2.88 bits per heavy atom. The van der Waals surface area contributed by atoms with Gasteiger partial charge in [0.1, 0.15) is 5.01 Å². The van der Waals surface area contributed by atoms with E-state index in [0.717, 1.165) is 31.9 Å². The van der Waals surface area contributed by atoms with Crippen LogP contribution in [0.25, 0.3) is 0 Å². The van der Waals surface area contributed by atoms with Gasteiger partial charge in [0, 0.05) is 23.6 Å². The Morgan fingerprint density at radius 2 is 2.31 bits per heavy atom. The number of ether oxygens (including phenoxy) is 1. The lowest BCUT2D eigenvalue weighted by Gasteiger charge is -2.34. The molecule has 1 unspecified atom stereocenters. The van der Waals surface area contributed by atoms with Crippen LogP contribution in [0, 0.1) is 13.8 Å². The molecule has 2 rings (SSSR count). The maximum absolute atomic E-state index is 5.52. The van der Waals surface area contributed by atoms with Crippen LogP contribution >= 0.6 is 11.3 Å². The van der Waals surface area contributed by atoms with Gasteiger partial charge in [0.05, 0.1) is 12.3 Å². The summed E-state index contributed by atoms with van der Waals surface area (Å²) in [6, 6.07) is 0. The maximum Gasteiger partial charge on any atom is 0.107 e. The zero-order valence-corrected chi connectivity index (χ0v) is 11.1. The highest BCUT2D eigenvalue weighted by molar-refractivity contribution is 7.11. The molecule has 90 valence electrons. The fraction of sp³-hybridized carbons (Fsp3) is 0.750. The summed E-state index contributed by atoms with van der Waals surface area (Å²) in [6.07, 6.45) is 2.34. The van der Waals surface area contributed by atoms with Crippen LogP contribution in [0.3, 0.4) is 0 Å². The highest BCUT2D eigenvalue weighted by atomic mass is 32.1. The number of hydrogen-bond acceptors (Lipinski definition) is 4. The molecule has 0 amide bonds. The molecule has 3 nitrogen and oxygen atoms in total. The van der Waals surface area contributed by atoms with Gasteiger partial charge in [-0.3, -0.25) is 0 Å². The summed E-state index contributed by atoms with van der Waals surface area (Å²) in [7, 11) is 0. The summed E-state index contributed by atoms with van der Waals surface area (Å²) in [6.45, 7) is 9.02. The molecule has 0 saturated carbocycles. The minimum absolute atomic E-state index is 0.131. The van der Waals surface area contributed by atoms with E-state index in [-0.39, 0.29) is 5.54 Å². The highest BCUT2D eigenvalue weighted by Gasteiger charge is 2.27. The number of nitrogens with one attached hydrogen (secondary N) is 1. The van der Waals surface area contributed by atoms with E-state index < -0.39 is 0 Å². The predicted molar refractivity (Wildman–Crippen MR) is 66.9 cm³/mol. The SMILES string of the molecule is Cc1nc(CNC2(C)CCCOC2)sc1C. The van der Waals surface area contributed by atoms with Gasteiger partial charge in [-0.05, 0) is 33.6 Å². The lowest BCUT2D eigenvalue weighted by atomic mass is 9.95. The van der Waals surface area contributed by atoms with E-state index in [1.54, 1.807) is 11.3 Å². The van der Waals surface area contributed by atoms with Crippen molar-refractivity contribution in [2.24, 2.45) is 0 Å². The molecule has 1 atom stereocenters. The average molecular weight is 240 g/mol. The van der Waals surface area contributed by atoms with Gasteiger partial charge in [0.15, 0.2) is 0 Å². The van der Waals surface area contributed by atoms with Gasteiger partial charge in [-0.25, -0.2) is 4.98 Å². The van der Waals surface area contributed by atoms with Crippen LogP contribution < -0.4 is 5.32 Å². The Balaban J connectivity index is 1.91. The number of thiazole rings is 1. The monoisotopic (exact) mass is 240 g/mol. The van der Waals surface area contributed by atoms with Crippen LogP contribution in [0.1, 0.15) is 35.3 Å². The lowest BCUT2D eigenvalue weighted by molar-refractivity contribution is 0.0278. The molecule has 0 aromatic carbocycles. The second kappa shape index (κ2) is 4.82. The molecule has 2 heterocycles. The zero-order valence-electron chi connectivity index (χ0n) is 10.3. The van der Waals surface area contributed by atoms with Crippen LogP contribution in [0.2, 0.25) is 0 Å². The van der Waals surface area contributed by atoms with Crippen molar-refractivity contribution in [2.75, 3.05) is 13.2 Å². The molecule has 0 radical (unpaired) electrons. The Labute approximate surface area is 101 Å². The fourth-order valence-electron chi connectivity index (χ4n) is 1.98. The first kappa shape index (κ1) is 12.0. The normalized spacial score (nSPS) is 25.9. The summed E-state index contributed by atoms with van der Waals surface area (Å²) in [5, 5.41) is 4.76. The topological polar surface area (TPSA) is 34.2 Å². The van der Waals surface area contributed by atoms with Gasteiger partial charge in [-0.1, -0.05) is 0 Å². The third-order valence-electron chi connectivity index (χ3n) is 3.18. The molecule has 1 fully saturated rings. The molecule has 1 aromatic heterocycles. The number of aromatic nitrogens is 1. The first-order chi connectivity index (χ1) is 7.59. The second-order valence-corrected chi connectivity index (χ2v) is 6.11. The molecule has 1 aliphatic rings. The van der Waals surface area contributed by atoms with Crippen molar-refractivity contribution >= 4 is 11.3 Å². The number of aryl methyl sites for hydroxylation is 2. The highest BCUT2D eigenvalue weighted by Crippen LogP contribution is 2.21. The predicted octanol–water partition coefficient (Wildman–Crippen LogP) is 2.42. The summed E-state index contributed by atoms with van der Waals surface area (Å²) in [5.74, 6) is 0. The standard InChI is InChI=1S/C12H20N2OS/c1-9-10(2)16-11(14-9)7-13-12(3)5-4-6-15-8-12/h13H,4-8H2,1-3H3. The van der Waals surface area contributed by atoms with Crippen LogP contribution in [-0.2, 0) is 11.3 Å². The van der Waals surface area contributed by atoms with E-state index in [4.69, 9.17) is 4.74 Å². The van der Waals surface area contributed by atoms with E-state index >= 15 is 0 Å². The third kappa shape index (κ3) is 2.81. The van der Waals surface area contributed by atoms with E-state index in [0.29, 0.717) is 0 Å². The van der Waals surface area contributed by atoms with Crippen molar-refractivity contribution < 1.29 is 4.74 Å². The molecule has 1 saturated heterocycles. The Bertz CT molecular complexity index is 336. The Morgan fingerprint density at radius 1 is 1.50 bits per heavy atom. The van der Waals surface area contributed by atoms with Crippen molar-refractivity contribution in [3.05, 3.63) is 15.6 Å². The number of nitrogens with zero attached hydrogens (tertiary/aromatic N) is 1. The molecule has 0 aliphatic carbocycles. The van der Waals surface area contributed by atoms with E-state index in [1.165, 1.54) is 16.3 Å². The molecule has 1 N–H and O–H groups in total.